The van der Waals surface area contributed by atoms with Crippen LogP contribution in [-0.2, 0) is 14.8 Å². The molecule has 1 aliphatic heterocycles. The van der Waals surface area contributed by atoms with E-state index in [0.717, 1.165) is 5.56 Å². The van der Waals surface area contributed by atoms with Crippen molar-refractivity contribution in [1.82, 2.24) is 14.4 Å². The molecule has 1 aliphatic rings. The van der Waals surface area contributed by atoms with Crippen LogP contribution in [0.1, 0.15) is 29.2 Å². The van der Waals surface area contributed by atoms with E-state index in [2.05, 4.69) is 15.5 Å². The first-order valence-corrected chi connectivity index (χ1v) is 12.8. The highest BCUT2D eigenvalue weighted by Gasteiger charge is 2.35. The maximum absolute atomic E-state index is 13.4. The van der Waals surface area contributed by atoms with E-state index in [-0.39, 0.29) is 17.3 Å². The van der Waals surface area contributed by atoms with E-state index < -0.39 is 15.9 Å². The molecule has 0 bridgehead atoms. The van der Waals surface area contributed by atoms with Gasteiger partial charge in [0.1, 0.15) is 0 Å². The van der Waals surface area contributed by atoms with Gasteiger partial charge >= 0.3 is 0 Å². The number of nitrogens with one attached hydrogen (secondary N) is 1. The van der Waals surface area contributed by atoms with Gasteiger partial charge in [-0.1, -0.05) is 22.8 Å². The van der Waals surface area contributed by atoms with Crippen LogP contribution in [0, 0.1) is 26.7 Å². The molecule has 1 atom stereocenters. The molecule has 4 rings (SSSR count). The van der Waals surface area contributed by atoms with Gasteiger partial charge in [0.05, 0.1) is 26.4 Å². The number of carbonyl (C=O) groups is 1. The number of aryl methyl sites for hydroxylation is 3. The van der Waals surface area contributed by atoms with Crippen LogP contribution in [-0.4, -0.2) is 41.9 Å². The van der Waals surface area contributed by atoms with E-state index in [1.165, 1.54) is 15.6 Å². The van der Waals surface area contributed by atoms with Gasteiger partial charge in [-0.15, -0.1) is 11.3 Å². The second-order valence-corrected chi connectivity index (χ2v) is 11.4. The summed E-state index contributed by atoms with van der Waals surface area (Å²) < 4.78 is 33.2. The van der Waals surface area contributed by atoms with Crippen LogP contribution >= 0.6 is 22.9 Å². The highest BCUT2D eigenvalue weighted by Crippen LogP contribution is 2.35. The minimum Gasteiger partial charge on any atom is -0.339 e. The molecule has 3 aromatic rings. The van der Waals surface area contributed by atoms with Crippen molar-refractivity contribution in [3.05, 3.63) is 45.6 Å². The van der Waals surface area contributed by atoms with Gasteiger partial charge in [-0.2, -0.15) is 9.29 Å². The van der Waals surface area contributed by atoms with Crippen molar-refractivity contribution >= 4 is 44.6 Å². The third kappa shape index (κ3) is 4.59. The molecule has 8 nitrogen and oxygen atoms in total. The zero-order chi connectivity index (χ0) is 23.0. The molecular formula is C21H23ClN4O4S2. The summed E-state index contributed by atoms with van der Waals surface area (Å²) in [6.07, 6.45) is 1.20. The molecule has 0 unspecified atom stereocenters. The number of nitrogens with zero attached hydrogens (tertiary/aromatic N) is 3. The van der Waals surface area contributed by atoms with Gasteiger partial charge in [-0.3, -0.25) is 4.79 Å². The predicted octanol–water partition coefficient (Wildman–Crippen LogP) is 4.42. The lowest BCUT2D eigenvalue weighted by atomic mass is 9.98. The molecule has 0 saturated carbocycles. The summed E-state index contributed by atoms with van der Waals surface area (Å²) in [5.41, 5.74) is 1.51. The smallest absolute Gasteiger partial charge is 0.244 e. The first-order valence-electron chi connectivity index (χ1n) is 10.1. The van der Waals surface area contributed by atoms with E-state index in [1.807, 2.05) is 13.0 Å². The number of hydrogen-bond acceptors (Lipinski definition) is 7. The summed E-state index contributed by atoms with van der Waals surface area (Å²) in [5.74, 6) is 0.0757. The molecule has 0 spiro atoms. The fourth-order valence-electron chi connectivity index (χ4n) is 3.70. The molecule has 1 N–H and O–H groups in total. The molecule has 0 radical (unpaired) electrons. The largest absolute Gasteiger partial charge is 0.339 e. The number of halogens is 1. The minimum absolute atomic E-state index is 0.115. The Kier molecular flexibility index (Phi) is 6.39. The molecular weight excluding hydrogens is 472 g/mol. The normalized spacial score (nSPS) is 17.4. The predicted molar refractivity (Wildman–Crippen MR) is 123 cm³/mol. The molecule has 11 heteroatoms. The Morgan fingerprint density at radius 2 is 2.06 bits per heavy atom. The number of piperidine rings is 1. The summed E-state index contributed by atoms with van der Waals surface area (Å²) in [5, 5.41) is 7.17. The average molecular weight is 495 g/mol. The number of amides is 1. The van der Waals surface area contributed by atoms with Gasteiger partial charge in [0.2, 0.25) is 27.6 Å². The Morgan fingerprint density at radius 3 is 2.75 bits per heavy atom. The van der Waals surface area contributed by atoms with Crippen molar-refractivity contribution in [3.8, 4) is 10.7 Å². The van der Waals surface area contributed by atoms with Crippen LogP contribution in [0.3, 0.4) is 0 Å². The highest BCUT2D eigenvalue weighted by molar-refractivity contribution is 7.89. The van der Waals surface area contributed by atoms with Gasteiger partial charge in [-0.25, -0.2) is 8.42 Å². The molecule has 1 amide bonds. The van der Waals surface area contributed by atoms with Crippen molar-refractivity contribution in [1.29, 1.82) is 0 Å². The van der Waals surface area contributed by atoms with Crippen molar-refractivity contribution in [2.24, 2.45) is 5.92 Å². The first kappa shape index (κ1) is 22.9. The number of thiophene rings is 1. The fourth-order valence-corrected chi connectivity index (χ4v) is 6.99. The van der Waals surface area contributed by atoms with E-state index in [0.29, 0.717) is 51.6 Å². The van der Waals surface area contributed by atoms with Crippen LogP contribution in [0.25, 0.3) is 10.7 Å². The number of hydrogen-bond donors (Lipinski definition) is 1. The SMILES string of the molecule is Cc1ccc(NC(=O)[C@@H]2CCCN(S(=O)(=O)c3cc(-c4noc(C)n4)sc3C)C2)c(Cl)c1. The standard InChI is InChI=1S/C21H23ClN4O4S2/c1-12-6-7-17(16(22)9-12)24-21(27)15-5-4-8-26(11-15)32(28,29)19-10-18(31-13(19)2)20-23-14(3)30-25-20/h6-7,9-10,15H,4-5,8,11H2,1-3H3,(H,24,27)/t15-/m1/s1. The number of sulfonamides is 1. The Hall–Kier alpha value is -2.27. The number of anilines is 1. The van der Waals surface area contributed by atoms with Gasteiger partial charge in [0.25, 0.3) is 0 Å². The summed E-state index contributed by atoms with van der Waals surface area (Å²) in [6.45, 7) is 5.82. The minimum atomic E-state index is -3.77. The Morgan fingerprint density at radius 1 is 1.28 bits per heavy atom. The van der Waals surface area contributed by atoms with E-state index >= 15 is 0 Å². The fraction of sp³-hybridized carbons (Fsp3) is 0.381. The van der Waals surface area contributed by atoms with E-state index in [4.69, 9.17) is 16.1 Å². The monoisotopic (exact) mass is 494 g/mol. The lowest BCUT2D eigenvalue weighted by Gasteiger charge is -2.31. The van der Waals surface area contributed by atoms with Crippen LogP contribution < -0.4 is 5.32 Å². The second-order valence-electron chi connectivity index (χ2n) is 7.84. The van der Waals surface area contributed by atoms with Crippen LogP contribution in [0.2, 0.25) is 5.02 Å². The first-order chi connectivity index (χ1) is 15.1. The Bertz CT molecular complexity index is 1270. The van der Waals surface area contributed by atoms with Crippen molar-refractivity contribution in [2.45, 2.75) is 38.5 Å². The van der Waals surface area contributed by atoms with Crippen molar-refractivity contribution < 1.29 is 17.7 Å². The molecule has 3 heterocycles. The number of carbonyl (C=O) groups excluding carboxylic acids is 1. The molecule has 1 saturated heterocycles. The number of rotatable bonds is 5. The van der Waals surface area contributed by atoms with E-state index in [1.54, 1.807) is 32.0 Å². The summed E-state index contributed by atoms with van der Waals surface area (Å²) in [6, 6.07) is 6.97. The molecule has 1 aromatic carbocycles. The van der Waals surface area contributed by atoms with Crippen LogP contribution in [0.4, 0.5) is 5.69 Å². The molecule has 32 heavy (non-hydrogen) atoms. The average Bonchev–Trinajstić information content (AvgIpc) is 3.36. The third-order valence-corrected chi connectivity index (χ3v) is 8.86. The quantitative estimate of drug-likeness (QED) is 0.563. The van der Waals surface area contributed by atoms with Gasteiger partial charge in [0, 0.05) is 24.9 Å². The van der Waals surface area contributed by atoms with Crippen molar-refractivity contribution in [2.75, 3.05) is 18.4 Å². The summed E-state index contributed by atoms with van der Waals surface area (Å²) >= 11 is 7.53. The lowest BCUT2D eigenvalue weighted by molar-refractivity contribution is -0.120. The maximum Gasteiger partial charge on any atom is 0.244 e. The topological polar surface area (TPSA) is 105 Å². The molecule has 0 aliphatic carbocycles. The number of aromatic nitrogens is 2. The highest BCUT2D eigenvalue weighted by atomic mass is 35.5. The van der Waals surface area contributed by atoms with E-state index in [9.17, 15) is 13.2 Å². The molecule has 170 valence electrons. The van der Waals surface area contributed by atoms with Crippen molar-refractivity contribution in [3.63, 3.8) is 0 Å². The molecule has 2 aromatic heterocycles. The summed E-state index contributed by atoms with van der Waals surface area (Å²) in [7, 11) is -3.77. The number of benzene rings is 1. The molecule has 1 fully saturated rings. The third-order valence-electron chi connectivity index (χ3n) is 5.38. The Labute approximate surface area is 195 Å². The maximum atomic E-state index is 13.4. The van der Waals surface area contributed by atoms with Gasteiger partial charge in [0.15, 0.2) is 0 Å². The second kappa shape index (κ2) is 8.93. The van der Waals surface area contributed by atoms with Crippen LogP contribution in [0.5, 0.6) is 0 Å². The Balaban J connectivity index is 1.52. The zero-order valence-electron chi connectivity index (χ0n) is 17.9. The van der Waals surface area contributed by atoms with Gasteiger partial charge in [-0.05, 0) is 50.5 Å². The lowest BCUT2D eigenvalue weighted by Crippen LogP contribution is -2.43. The van der Waals surface area contributed by atoms with Crippen LogP contribution in [0.15, 0.2) is 33.7 Å². The summed E-state index contributed by atoms with van der Waals surface area (Å²) in [4.78, 5) is 18.5. The zero-order valence-corrected chi connectivity index (χ0v) is 20.3. The van der Waals surface area contributed by atoms with Gasteiger partial charge < -0.3 is 9.84 Å².